The predicted octanol–water partition coefficient (Wildman–Crippen LogP) is 3.99. The summed E-state index contributed by atoms with van der Waals surface area (Å²) in [5.41, 5.74) is 1.26. The number of amides is 1. The third kappa shape index (κ3) is 4.31. The molecule has 0 saturated carbocycles. The number of nitrogens with one attached hydrogen (secondary N) is 1. The number of aliphatic hydroxyl groups is 1. The maximum absolute atomic E-state index is 14.0. The molecule has 2 rings (SSSR count). The van der Waals surface area contributed by atoms with Gasteiger partial charge in [-0.15, -0.1) is 0 Å². The third-order valence-electron chi connectivity index (χ3n) is 2.84. The van der Waals surface area contributed by atoms with Gasteiger partial charge in [-0.2, -0.15) is 0 Å². The molecule has 0 fully saturated rings. The Labute approximate surface area is 127 Å². The lowest BCUT2D eigenvalue weighted by molar-refractivity contribution is -0.114. The summed E-state index contributed by atoms with van der Waals surface area (Å²) in [6, 6.07) is 11.9. The minimum atomic E-state index is -0.685. The minimum absolute atomic E-state index is 0.129. The van der Waals surface area contributed by atoms with Gasteiger partial charge in [0.15, 0.2) is 0 Å². The van der Waals surface area contributed by atoms with Gasteiger partial charge in [-0.1, -0.05) is 17.8 Å². The molecule has 0 aromatic heterocycles. The Morgan fingerprint density at radius 2 is 1.90 bits per heavy atom. The van der Waals surface area contributed by atoms with Gasteiger partial charge in [0.2, 0.25) is 5.91 Å². The van der Waals surface area contributed by atoms with Crippen LogP contribution in [0.4, 0.5) is 10.1 Å². The summed E-state index contributed by atoms with van der Waals surface area (Å²) in [4.78, 5) is 12.3. The first-order valence-electron chi connectivity index (χ1n) is 6.48. The molecule has 0 aliphatic rings. The van der Waals surface area contributed by atoms with Crippen molar-refractivity contribution in [1.29, 1.82) is 0 Å². The number of carbonyl (C=O) groups is 1. The third-order valence-corrected chi connectivity index (χ3v) is 3.90. The summed E-state index contributed by atoms with van der Waals surface area (Å²) >= 11 is 1.29. The number of carbonyl (C=O) groups excluding carboxylic acids is 1. The molecule has 2 N–H and O–H groups in total. The van der Waals surface area contributed by atoms with E-state index in [-0.39, 0.29) is 11.7 Å². The summed E-state index contributed by atoms with van der Waals surface area (Å²) in [5, 5.41) is 12.1. The van der Waals surface area contributed by atoms with E-state index in [1.54, 1.807) is 31.2 Å². The SMILES string of the molecule is CC(=O)Nc1ccc(Sc2ccc([C@H](C)O)cc2F)cc1. The van der Waals surface area contributed by atoms with E-state index < -0.39 is 6.10 Å². The summed E-state index contributed by atoms with van der Waals surface area (Å²) in [7, 11) is 0. The van der Waals surface area contributed by atoms with Gasteiger partial charge in [-0.05, 0) is 48.9 Å². The molecule has 21 heavy (non-hydrogen) atoms. The van der Waals surface area contributed by atoms with Crippen molar-refractivity contribution >= 4 is 23.4 Å². The largest absolute Gasteiger partial charge is 0.389 e. The van der Waals surface area contributed by atoms with Crippen LogP contribution in [-0.2, 0) is 4.79 Å². The number of rotatable bonds is 4. The van der Waals surface area contributed by atoms with Crippen molar-refractivity contribution in [1.82, 2.24) is 0 Å². The topological polar surface area (TPSA) is 49.3 Å². The Hall–Kier alpha value is -1.85. The smallest absolute Gasteiger partial charge is 0.221 e. The van der Waals surface area contributed by atoms with Crippen molar-refractivity contribution in [2.45, 2.75) is 29.7 Å². The molecular weight excluding hydrogens is 289 g/mol. The monoisotopic (exact) mass is 305 g/mol. The highest BCUT2D eigenvalue weighted by Crippen LogP contribution is 2.31. The molecular formula is C16H16FNO2S. The zero-order valence-corrected chi connectivity index (χ0v) is 12.6. The van der Waals surface area contributed by atoms with Crippen LogP contribution in [0.1, 0.15) is 25.5 Å². The molecule has 2 aromatic rings. The average molecular weight is 305 g/mol. The van der Waals surface area contributed by atoms with Gasteiger partial charge in [-0.3, -0.25) is 4.79 Å². The maximum atomic E-state index is 14.0. The van der Waals surface area contributed by atoms with Gasteiger partial charge in [-0.25, -0.2) is 4.39 Å². The predicted molar refractivity (Wildman–Crippen MR) is 81.9 cm³/mol. The van der Waals surface area contributed by atoms with E-state index in [1.165, 1.54) is 24.8 Å². The number of halogens is 1. The first kappa shape index (κ1) is 15.5. The lowest BCUT2D eigenvalue weighted by atomic mass is 10.1. The van der Waals surface area contributed by atoms with Gasteiger partial charge < -0.3 is 10.4 Å². The van der Waals surface area contributed by atoms with Crippen molar-refractivity contribution in [3.05, 3.63) is 53.8 Å². The number of anilines is 1. The van der Waals surface area contributed by atoms with E-state index in [0.29, 0.717) is 16.1 Å². The first-order valence-corrected chi connectivity index (χ1v) is 7.30. The highest BCUT2D eigenvalue weighted by Gasteiger charge is 2.08. The van der Waals surface area contributed by atoms with Gasteiger partial charge >= 0.3 is 0 Å². The molecule has 0 aliphatic carbocycles. The summed E-state index contributed by atoms with van der Waals surface area (Å²) < 4.78 is 14.0. The standard InChI is InChI=1S/C16H16FNO2S/c1-10(19)12-3-8-16(15(17)9-12)21-14-6-4-13(5-7-14)18-11(2)20/h3-10,19H,1-2H3,(H,18,20)/t10-/m0/s1. The maximum Gasteiger partial charge on any atom is 0.221 e. The second-order valence-corrected chi connectivity index (χ2v) is 5.79. The highest BCUT2D eigenvalue weighted by atomic mass is 32.2. The van der Waals surface area contributed by atoms with Crippen molar-refractivity contribution in [3.8, 4) is 0 Å². The molecule has 1 amide bonds. The molecule has 0 saturated heterocycles. The van der Waals surface area contributed by atoms with Gasteiger partial charge in [0, 0.05) is 22.4 Å². The zero-order valence-electron chi connectivity index (χ0n) is 11.8. The quantitative estimate of drug-likeness (QED) is 0.898. The van der Waals surface area contributed by atoms with Gasteiger partial charge in [0.25, 0.3) is 0 Å². The van der Waals surface area contributed by atoms with E-state index in [9.17, 15) is 14.3 Å². The number of benzene rings is 2. The molecule has 2 aromatic carbocycles. The van der Waals surface area contributed by atoms with Crippen LogP contribution >= 0.6 is 11.8 Å². The number of hydrogen-bond donors (Lipinski definition) is 2. The Bertz CT molecular complexity index is 641. The molecule has 0 aliphatic heterocycles. The Balaban J connectivity index is 2.13. The van der Waals surface area contributed by atoms with Gasteiger partial charge in [0.05, 0.1) is 6.10 Å². The van der Waals surface area contributed by atoms with Crippen LogP contribution < -0.4 is 5.32 Å². The van der Waals surface area contributed by atoms with Crippen LogP contribution in [0, 0.1) is 5.82 Å². The van der Waals surface area contributed by atoms with Crippen LogP contribution in [0.2, 0.25) is 0 Å². The number of aliphatic hydroxyl groups excluding tert-OH is 1. The Morgan fingerprint density at radius 3 is 2.43 bits per heavy atom. The van der Waals surface area contributed by atoms with Crippen molar-refractivity contribution in [2.24, 2.45) is 0 Å². The molecule has 1 atom stereocenters. The summed E-state index contributed by atoms with van der Waals surface area (Å²) in [6.45, 7) is 3.05. The van der Waals surface area contributed by atoms with E-state index in [1.807, 2.05) is 12.1 Å². The van der Waals surface area contributed by atoms with Crippen molar-refractivity contribution in [3.63, 3.8) is 0 Å². The molecule has 0 heterocycles. The molecule has 5 heteroatoms. The van der Waals surface area contributed by atoms with Crippen molar-refractivity contribution < 1.29 is 14.3 Å². The van der Waals surface area contributed by atoms with Gasteiger partial charge in [0.1, 0.15) is 5.82 Å². The normalized spacial score (nSPS) is 12.0. The van der Waals surface area contributed by atoms with E-state index in [0.717, 1.165) is 4.90 Å². The van der Waals surface area contributed by atoms with Crippen LogP contribution in [0.15, 0.2) is 52.3 Å². The fourth-order valence-corrected chi connectivity index (χ4v) is 2.61. The molecule has 3 nitrogen and oxygen atoms in total. The summed E-state index contributed by atoms with van der Waals surface area (Å²) in [5.74, 6) is -0.487. The van der Waals surface area contributed by atoms with Crippen LogP contribution in [0.25, 0.3) is 0 Å². The first-order chi connectivity index (χ1) is 9.95. The molecule has 110 valence electrons. The summed E-state index contributed by atoms with van der Waals surface area (Å²) in [6.07, 6.45) is -0.685. The lowest BCUT2D eigenvalue weighted by Crippen LogP contribution is -2.05. The Morgan fingerprint density at radius 1 is 1.24 bits per heavy atom. The molecule has 0 bridgehead atoms. The van der Waals surface area contributed by atoms with E-state index in [2.05, 4.69) is 5.32 Å². The fraction of sp³-hybridized carbons (Fsp3) is 0.188. The van der Waals surface area contributed by atoms with E-state index >= 15 is 0 Å². The number of hydrogen-bond acceptors (Lipinski definition) is 3. The second-order valence-electron chi connectivity index (χ2n) is 4.67. The lowest BCUT2D eigenvalue weighted by Gasteiger charge is -2.08. The fourth-order valence-electron chi connectivity index (χ4n) is 1.80. The van der Waals surface area contributed by atoms with Crippen LogP contribution in [0.3, 0.4) is 0 Å². The van der Waals surface area contributed by atoms with Crippen molar-refractivity contribution in [2.75, 3.05) is 5.32 Å². The molecule has 0 unspecified atom stereocenters. The Kier molecular flexibility index (Phi) is 4.98. The second kappa shape index (κ2) is 6.74. The molecule has 0 spiro atoms. The highest BCUT2D eigenvalue weighted by molar-refractivity contribution is 7.99. The minimum Gasteiger partial charge on any atom is -0.389 e. The van der Waals surface area contributed by atoms with E-state index in [4.69, 9.17) is 0 Å². The molecule has 0 radical (unpaired) electrons. The van der Waals surface area contributed by atoms with Crippen LogP contribution in [0.5, 0.6) is 0 Å². The zero-order chi connectivity index (χ0) is 15.4. The van der Waals surface area contributed by atoms with Crippen LogP contribution in [-0.4, -0.2) is 11.0 Å². The average Bonchev–Trinajstić information content (AvgIpc) is 2.42.